The van der Waals surface area contributed by atoms with Crippen molar-refractivity contribution in [2.45, 2.75) is 85.5 Å². The second-order valence-electron chi connectivity index (χ2n) is 32.7. The van der Waals surface area contributed by atoms with Crippen LogP contribution in [0.1, 0.15) is 73.8 Å². The number of alkyl halides is 15. The standard InChI is InChI=1S/C24H25F3N6O.C19H23F3N6O.2C18H15F3N6O.C17H18F3N5O2/c1-18-13-20(15-21(14-18)24(25,26)27)23-28-17-33(30-23)8-7-22(34)29-32-11-9-31(10-12-32)16-19-5-3-2-4-6-19;1-3-26-6-8-27(9-7-26)24-17(29)4-5-28-13-23-18(25-28)15-10-14(2)11-16(12-15)19(20,21)22;1-12-8-13(10-14(9-12)18(19,20)21)17-23-11-27(26-17)7-4-16(28)25-24-15-2-5-22-6-3-15;1-12-6-13(8-14(7-12)18(19,20)21)17-25-11-27(26-17)5-2-16(28)24-10-15-9-22-3-4-23-15;1-12-8-13(10-14(9-12)17(18,19)20)16-21-11-25(23-16)3-2-15(26)22-24-4-6-27-7-5-24/h2-8,13-15,17H,9-12,16H2,1H3,(H,29,34);4-5,10-13H,3,6-9H2,1-2H3,(H,24,29);2-11H,1H3,(H,22,24)(H,25,28);2-9,11H,10H2,1H3,(H,24,28);2-3,8-11H,4-7H2,1H3,(H,22,26)/b8-7-;5-4-;7-4-;5-2+;3-2-. The molecule has 10 heterocycles. The summed E-state index contributed by atoms with van der Waals surface area (Å²) in [4.78, 5) is 96.4. The van der Waals surface area contributed by atoms with Crippen molar-refractivity contribution in [2.75, 3.05) is 90.6 Å². The van der Waals surface area contributed by atoms with Gasteiger partial charge in [-0.3, -0.25) is 71.0 Å². The van der Waals surface area contributed by atoms with E-state index in [2.05, 4.69) is 127 Å². The van der Waals surface area contributed by atoms with Gasteiger partial charge in [-0.05, 0) is 178 Å². The minimum atomic E-state index is -4.46. The minimum absolute atomic E-state index is 0.120. The van der Waals surface area contributed by atoms with Crippen LogP contribution in [-0.2, 0) is 72.7 Å². The number of ether oxygens (including phenoxy) is 1. The van der Waals surface area contributed by atoms with Gasteiger partial charge in [0, 0.05) is 186 Å². The fourth-order valence-electron chi connectivity index (χ4n) is 14.1. The number of nitrogens with zero attached hydrogens (tertiary/aromatic N) is 23. The Bertz CT molecular complexity index is 6550. The highest BCUT2D eigenvalue weighted by atomic mass is 19.4. The second-order valence-corrected chi connectivity index (χ2v) is 32.7. The molecule has 0 aliphatic carbocycles. The van der Waals surface area contributed by atoms with Gasteiger partial charge in [-0.1, -0.05) is 37.3 Å². The number of piperazine rings is 2. The summed E-state index contributed by atoms with van der Waals surface area (Å²) in [7, 11) is 0. The molecule has 35 nitrogen and oxygen atoms in total. The third-order valence-corrected chi connectivity index (χ3v) is 21.1. The van der Waals surface area contributed by atoms with Crippen molar-refractivity contribution in [2.24, 2.45) is 0 Å². The number of aromatic nitrogens is 18. The Morgan fingerprint density at radius 2 is 0.664 bits per heavy atom. The fourth-order valence-corrected chi connectivity index (χ4v) is 14.1. The first-order valence-electron chi connectivity index (χ1n) is 44.6. The lowest BCUT2D eigenvalue weighted by molar-refractivity contribution is -0.138. The Morgan fingerprint density at radius 1 is 0.349 bits per heavy atom. The summed E-state index contributed by atoms with van der Waals surface area (Å²) in [5, 5.41) is 28.7. The molecule has 7 aromatic heterocycles. The van der Waals surface area contributed by atoms with Crippen molar-refractivity contribution < 1.29 is 94.6 Å². The number of likely N-dealkylation sites (N-methyl/N-ethyl adjacent to an activating group) is 1. The number of morpholine rings is 1. The van der Waals surface area contributed by atoms with Crippen LogP contribution in [0.5, 0.6) is 0 Å². The van der Waals surface area contributed by atoms with Gasteiger partial charge in [0.2, 0.25) is 5.91 Å². The van der Waals surface area contributed by atoms with Crippen molar-refractivity contribution in [3.05, 3.63) is 293 Å². The molecule has 0 bridgehead atoms. The lowest BCUT2D eigenvalue weighted by Crippen LogP contribution is -2.53. The molecule has 0 radical (unpaired) electrons. The van der Waals surface area contributed by atoms with Crippen LogP contribution < -0.4 is 32.4 Å². The molecule has 3 fully saturated rings. The maximum absolute atomic E-state index is 13.1. The summed E-state index contributed by atoms with van der Waals surface area (Å²) in [5.74, 6) is -1.13. The van der Waals surface area contributed by atoms with Gasteiger partial charge < -0.3 is 15.0 Å². The van der Waals surface area contributed by atoms with Crippen molar-refractivity contribution in [1.29, 1.82) is 0 Å². The molecule has 3 aliphatic heterocycles. The molecule has 0 spiro atoms. The summed E-state index contributed by atoms with van der Waals surface area (Å²) in [6, 6.07) is 31.8. The molecular weight excluding hydrogens is 1940 g/mol. The summed E-state index contributed by atoms with van der Waals surface area (Å²) in [6.07, 6.45) is 5.28. The van der Waals surface area contributed by atoms with Gasteiger partial charge in [-0.25, -0.2) is 63.4 Å². The minimum Gasteiger partial charge on any atom is -0.379 e. The number of aryl methyl sites for hydroxylation is 5. The van der Waals surface area contributed by atoms with Crippen LogP contribution in [-0.4, -0.2) is 228 Å². The van der Waals surface area contributed by atoms with E-state index in [1.54, 1.807) is 94.5 Å². The van der Waals surface area contributed by atoms with E-state index >= 15 is 0 Å². The predicted octanol–water partition coefficient (Wildman–Crippen LogP) is 14.2. The van der Waals surface area contributed by atoms with E-state index < -0.39 is 70.5 Å². The number of rotatable bonds is 25. The second kappa shape index (κ2) is 50.2. The molecule has 3 saturated heterocycles. The highest BCUT2D eigenvalue weighted by Crippen LogP contribution is 2.38. The highest BCUT2D eigenvalue weighted by molar-refractivity contribution is 5.92. The molecule has 3 aliphatic rings. The zero-order chi connectivity index (χ0) is 105. The normalized spacial score (nSPS) is 14.3. The number of anilines is 1. The van der Waals surface area contributed by atoms with Gasteiger partial charge in [0.25, 0.3) is 23.6 Å². The monoisotopic (exact) mass is 2040 g/mol. The average Bonchev–Trinajstić information content (AvgIpc) is 1.57. The summed E-state index contributed by atoms with van der Waals surface area (Å²) in [5.41, 5.74) is 15.7. The Kier molecular flexibility index (Phi) is 37.3. The smallest absolute Gasteiger partial charge is 0.379 e. The molecule has 6 N–H and O–H groups in total. The molecule has 766 valence electrons. The van der Waals surface area contributed by atoms with Crippen LogP contribution >= 0.6 is 0 Å². The number of halogens is 15. The van der Waals surface area contributed by atoms with Crippen LogP contribution in [0.3, 0.4) is 0 Å². The number of hydrazine groups is 4. The van der Waals surface area contributed by atoms with Crippen LogP contribution in [0.4, 0.5) is 71.5 Å². The van der Waals surface area contributed by atoms with Crippen molar-refractivity contribution in [3.8, 4) is 56.9 Å². The van der Waals surface area contributed by atoms with Crippen LogP contribution in [0.2, 0.25) is 0 Å². The van der Waals surface area contributed by atoms with Gasteiger partial charge in [0.1, 0.15) is 31.6 Å². The van der Waals surface area contributed by atoms with Crippen molar-refractivity contribution >= 4 is 66.2 Å². The first-order valence-corrected chi connectivity index (χ1v) is 44.6. The molecule has 16 rings (SSSR count). The van der Waals surface area contributed by atoms with Crippen molar-refractivity contribution in [3.63, 3.8) is 0 Å². The van der Waals surface area contributed by atoms with E-state index in [9.17, 15) is 89.8 Å². The van der Waals surface area contributed by atoms with Gasteiger partial charge in [-0.2, -0.15) is 65.9 Å². The van der Waals surface area contributed by atoms with E-state index in [1.165, 1.54) is 141 Å². The molecule has 146 heavy (non-hydrogen) atoms. The molecule has 6 aromatic carbocycles. The van der Waals surface area contributed by atoms with Gasteiger partial charge >= 0.3 is 30.9 Å². The SMILES string of the molecule is CCN1CCN(NC(=O)/C=C\n2cnc(-c3cc(C)cc(C(F)(F)F)c3)n2)CC1.Cc1cc(-c2ncn(/C=C/C(=O)NCc3cnccn3)n2)cc(C(F)(F)F)c1.Cc1cc(-c2ncn(/C=C\C(=O)NN3CCN(Cc4ccccc4)CC3)n2)cc(C(F)(F)F)c1.Cc1cc(-c2ncn(/C=C\C(=O)NN3CCOCC3)n2)cc(C(F)(F)F)c1.Cc1cc(-c2ncn(/C=C\C(=O)NNc3ccncc3)n2)cc(C(F)(F)F)c1. The van der Waals surface area contributed by atoms with E-state index in [4.69, 9.17) is 4.74 Å². The first-order chi connectivity index (χ1) is 69.4. The Morgan fingerprint density at radius 3 is 0.979 bits per heavy atom. The number of benzene rings is 6. The third-order valence-electron chi connectivity index (χ3n) is 21.1. The Labute approximate surface area is 824 Å². The van der Waals surface area contributed by atoms with Crippen LogP contribution in [0.15, 0.2) is 226 Å². The number of carbonyl (C=O) groups excluding carboxylic acids is 5. The summed E-state index contributed by atoms with van der Waals surface area (Å²) >= 11 is 0. The number of hydrogen-bond acceptors (Lipinski definition) is 25. The van der Waals surface area contributed by atoms with Gasteiger partial charge in [-0.15, -0.1) is 25.5 Å². The Hall–Kier alpha value is -16.2. The third kappa shape index (κ3) is 34.6. The van der Waals surface area contributed by atoms with Gasteiger partial charge in [0.05, 0.1) is 65.2 Å². The largest absolute Gasteiger partial charge is 0.416 e. The van der Waals surface area contributed by atoms with Crippen molar-refractivity contribution in [1.82, 2.24) is 141 Å². The van der Waals surface area contributed by atoms with Crippen LogP contribution in [0, 0.1) is 34.6 Å². The molecule has 50 heteroatoms. The quantitative estimate of drug-likeness (QED) is 0.0176. The molecule has 5 amide bonds. The highest BCUT2D eigenvalue weighted by Gasteiger charge is 2.36. The maximum atomic E-state index is 13.1. The molecule has 0 unspecified atom stereocenters. The number of amides is 5. The molecule has 0 atom stereocenters. The van der Waals surface area contributed by atoms with Gasteiger partial charge in [0.15, 0.2) is 29.1 Å². The summed E-state index contributed by atoms with van der Waals surface area (Å²) < 4.78 is 206. The summed E-state index contributed by atoms with van der Waals surface area (Å²) in [6.45, 7) is 20.7. The van der Waals surface area contributed by atoms with Crippen LogP contribution in [0.25, 0.3) is 87.9 Å². The zero-order valence-corrected chi connectivity index (χ0v) is 78.8. The van der Waals surface area contributed by atoms with E-state index in [1.807, 2.05) is 28.2 Å². The lowest BCUT2D eigenvalue weighted by Gasteiger charge is -2.34. The zero-order valence-electron chi connectivity index (χ0n) is 78.8. The molecular formula is C96H96F15N29O6. The maximum Gasteiger partial charge on any atom is 0.416 e. The topological polar surface area (TPSA) is 375 Å². The first kappa shape index (κ1) is 109. The fraction of sp³-hybridized carbons (Fsp3) is 0.271. The Balaban J connectivity index is 0.000000163. The average molecular weight is 2040 g/mol. The molecule has 13 aromatic rings. The predicted molar refractivity (Wildman–Crippen MR) is 506 cm³/mol. The molecule has 0 saturated carbocycles. The van der Waals surface area contributed by atoms with E-state index in [0.29, 0.717) is 78.6 Å². The lowest BCUT2D eigenvalue weighted by atomic mass is 10.1. The number of hydrogen-bond donors (Lipinski definition) is 6. The number of nitrogens with one attached hydrogen (secondary N) is 6. The number of pyridine rings is 1. The number of carbonyl (C=O) groups is 5. The van der Waals surface area contributed by atoms with E-state index in [-0.39, 0.29) is 81.2 Å². The van der Waals surface area contributed by atoms with E-state index in [0.717, 1.165) is 113 Å².